The lowest BCUT2D eigenvalue weighted by Gasteiger charge is -2.25. The van der Waals surface area contributed by atoms with Crippen LogP contribution in [0.5, 0.6) is 0 Å². The minimum atomic E-state index is 0.0533. The number of rotatable bonds is 6. The number of nitrogens with zero attached hydrogens (tertiary/aromatic N) is 5. The van der Waals surface area contributed by atoms with E-state index in [0.717, 1.165) is 25.1 Å². The van der Waals surface area contributed by atoms with Gasteiger partial charge in [0, 0.05) is 44.1 Å². The first kappa shape index (κ1) is 17.9. The Kier molecular flexibility index (Phi) is 5.62. The molecule has 1 fully saturated rings. The minimum Gasteiger partial charge on any atom is -0.368 e. The molecular formula is C19H26N6O2. The molecule has 1 aliphatic heterocycles. The quantitative estimate of drug-likeness (QED) is 0.833. The number of ether oxygens (including phenoxy) is 1. The highest BCUT2D eigenvalue weighted by Crippen LogP contribution is 2.21. The standard InChI is InChI=1S/C19H26N6O2/c26-18(14-27-17-4-1-2-5-17)24-11-15(10-22-19-20-7-3-8-21-19)12-25-16(13-24)6-9-23-25/h3,6-9,15,17H,1-2,4-5,10-14H2,(H,20,21,22)/t15-/m1/s1. The molecule has 1 N–H and O–H groups in total. The van der Waals surface area contributed by atoms with E-state index in [-0.39, 0.29) is 24.5 Å². The van der Waals surface area contributed by atoms with Crippen LogP contribution in [0.4, 0.5) is 5.95 Å². The van der Waals surface area contributed by atoms with Crippen LogP contribution in [0, 0.1) is 5.92 Å². The maximum Gasteiger partial charge on any atom is 0.248 e. The summed E-state index contributed by atoms with van der Waals surface area (Å²) in [6.45, 7) is 2.84. The van der Waals surface area contributed by atoms with Crippen molar-refractivity contribution < 1.29 is 9.53 Å². The summed E-state index contributed by atoms with van der Waals surface area (Å²) in [7, 11) is 0. The van der Waals surface area contributed by atoms with Crippen LogP contribution < -0.4 is 5.32 Å². The van der Waals surface area contributed by atoms with Crippen molar-refractivity contribution in [1.82, 2.24) is 24.6 Å². The van der Waals surface area contributed by atoms with E-state index in [4.69, 9.17) is 4.74 Å². The molecule has 3 heterocycles. The monoisotopic (exact) mass is 370 g/mol. The Hall–Kier alpha value is -2.48. The van der Waals surface area contributed by atoms with Gasteiger partial charge in [-0.05, 0) is 25.0 Å². The van der Waals surface area contributed by atoms with Crippen LogP contribution in [-0.4, -0.2) is 56.4 Å². The van der Waals surface area contributed by atoms with Crippen molar-refractivity contribution in [2.45, 2.75) is 44.9 Å². The van der Waals surface area contributed by atoms with Crippen LogP contribution in [0.1, 0.15) is 31.4 Å². The summed E-state index contributed by atoms with van der Waals surface area (Å²) in [6, 6.07) is 3.77. The second-order valence-corrected chi connectivity index (χ2v) is 7.32. The highest BCUT2D eigenvalue weighted by Gasteiger charge is 2.26. The van der Waals surface area contributed by atoms with Gasteiger partial charge in [-0.15, -0.1) is 0 Å². The molecule has 0 saturated heterocycles. The van der Waals surface area contributed by atoms with E-state index in [9.17, 15) is 4.79 Å². The summed E-state index contributed by atoms with van der Waals surface area (Å²) in [5.74, 6) is 0.868. The lowest BCUT2D eigenvalue weighted by atomic mass is 10.1. The summed E-state index contributed by atoms with van der Waals surface area (Å²) < 4.78 is 7.83. The zero-order valence-corrected chi connectivity index (χ0v) is 15.5. The molecule has 8 nitrogen and oxygen atoms in total. The molecule has 0 unspecified atom stereocenters. The first-order valence-electron chi connectivity index (χ1n) is 9.69. The molecule has 4 rings (SSSR count). The van der Waals surface area contributed by atoms with Crippen molar-refractivity contribution >= 4 is 11.9 Å². The molecule has 0 spiro atoms. The van der Waals surface area contributed by atoms with Crippen LogP contribution >= 0.6 is 0 Å². The van der Waals surface area contributed by atoms with E-state index in [0.29, 0.717) is 25.6 Å². The van der Waals surface area contributed by atoms with E-state index < -0.39 is 0 Å². The molecule has 27 heavy (non-hydrogen) atoms. The van der Waals surface area contributed by atoms with Crippen molar-refractivity contribution in [3.63, 3.8) is 0 Å². The maximum atomic E-state index is 12.8. The topological polar surface area (TPSA) is 85.2 Å². The van der Waals surface area contributed by atoms with Crippen molar-refractivity contribution in [2.24, 2.45) is 5.92 Å². The average Bonchev–Trinajstić information content (AvgIpc) is 3.34. The fourth-order valence-electron chi connectivity index (χ4n) is 3.81. The molecule has 0 radical (unpaired) electrons. The predicted octanol–water partition coefficient (Wildman–Crippen LogP) is 1.70. The number of fused-ring (bicyclic) bond motifs is 1. The number of carbonyl (C=O) groups excluding carboxylic acids is 1. The van der Waals surface area contributed by atoms with Gasteiger partial charge >= 0.3 is 0 Å². The van der Waals surface area contributed by atoms with Gasteiger partial charge in [0.25, 0.3) is 0 Å². The summed E-state index contributed by atoms with van der Waals surface area (Å²) in [6.07, 6.45) is 10.0. The third-order valence-electron chi connectivity index (χ3n) is 5.28. The zero-order chi connectivity index (χ0) is 18.5. The molecule has 1 atom stereocenters. The van der Waals surface area contributed by atoms with Crippen LogP contribution in [0.15, 0.2) is 30.7 Å². The van der Waals surface area contributed by atoms with Crippen molar-refractivity contribution in [3.8, 4) is 0 Å². The van der Waals surface area contributed by atoms with Gasteiger partial charge < -0.3 is 15.0 Å². The van der Waals surface area contributed by atoms with Crippen LogP contribution in [0.25, 0.3) is 0 Å². The van der Waals surface area contributed by atoms with E-state index >= 15 is 0 Å². The number of hydrogen-bond donors (Lipinski definition) is 1. The Labute approximate surface area is 158 Å². The van der Waals surface area contributed by atoms with Crippen molar-refractivity contribution in [2.75, 3.05) is 25.0 Å². The predicted molar refractivity (Wildman–Crippen MR) is 99.9 cm³/mol. The molecule has 1 amide bonds. The highest BCUT2D eigenvalue weighted by molar-refractivity contribution is 5.77. The molecule has 144 valence electrons. The molecule has 2 aromatic rings. The number of hydrogen-bond acceptors (Lipinski definition) is 6. The molecule has 0 aromatic carbocycles. The molecule has 1 saturated carbocycles. The number of amides is 1. The van der Waals surface area contributed by atoms with E-state index in [1.807, 2.05) is 15.6 Å². The lowest BCUT2D eigenvalue weighted by molar-refractivity contribution is -0.139. The Bertz CT molecular complexity index is 744. The summed E-state index contributed by atoms with van der Waals surface area (Å²) in [5.41, 5.74) is 1.06. The van der Waals surface area contributed by atoms with Gasteiger partial charge in [0.1, 0.15) is 6.61 Å². The maximum absolute atomic E-state index is 12.8. The Morgan fingerprint density at radius 1 is 1.19 bits per heavy atom. The third-order valence-corrected chi connectivity index (χ3v) is 5.28. The second kappa shape index (κ2) is 8.47. The zero-order valence-electron chi connectivity index (χ0n) is 15.5. The van der Waals surface area contributed by atoms with Crippen LogP contribution in [-0.2, 0) is 22.6 Å². The number of anilines is 1. The van der Waals surface area contributed by atoms with Crippen molar-refractivity contribution in [1.29, 1.82) is 0 Å². The lowest BCUT2D eigenvalue weighted by Crippen LogP contribution is -2.38. The van der Waals surface area contributed by atoms with E-state index in [2.05, 4.69) is 20.4 Å². The number of aromatic nitrogens is 4. The Balaban J connectivity index is 1.39. The second-order valence-electron chi connectivity index (χ2n) is 7.32. The van der Waals surface area contributed by atoms with Crippen molar-refractivity contribution in [3.05, 3.63) is 36.4 Å². The van der Waals surface area contributed by atoms with Gasteiger partial charge in [-0.2, -0.15) is 5.10 Å². The normalized spacial score (nSPS) is 20.3. The molecule has 8 heteroatoms. The minimum absolute atomic E-state index is 0.0533. The van der Waals surface area contributed by atoms with Crippen LogP contribution in [0.2, 0.25) is 0 Å². The first-order chi connectivity index (χ1) is 13.3. The number of carbonyl (C=O) groups is 1. The van der Waals surface area contributed by atoms with Gasteiger partial charge in [0.15, 0.2) is 0 Å². The molecule has 2 aliphatic rings. The van der Waals surface area contributed by atoms with Gasteiger partial charge in [-0.3, -0.25) is 9.48 Å². The fourth-order valence-corrected chi connectivity index (χ4v) is 3.81. The Morgan fingerprint density at radius 3 is 2.81 bits per heavy atom. The van der Waals surface area contributed by atoms with E-state index in [1.54, 1.807) is 24.7 Å². The first-order valence-corrected chi connectivity index (χ1v) is 9.69. The number of nitrogens with one attached hydrogen (secondary N) is 1. The average molecular weight is 370 g/mol. The van der Waals surface area contributed by atoms with Gasteiger partial charge in [-0.25, -0.2) is 9.97 Å². The largest absolute Gasteiger partial charge is 0.368 e. The summed E-state index contributed by atoms with van der Waals surface area (Å²) in [4.78, 5) is 23.1. The van der Waals surface area contributed by atoms with Gasteiger partial charge in [0.2, 0.25) is 11.9 Å². The molecule has 0 bridgehead atoms. The molecular weight excluding hydrogens is 344 g/mol. The SMILES string of the molecule is O=C(COC1CCCC1)N1Cc2ccnn2C[C@H](CNc2ncccn2)C1. The fraction of sp³-hybridized carbons (Fsp3) is 0.579. The third kappa shape index (κ3) is 4.63. The Morgan fingerprint density at radius 2 is 2.00 bits per heavy atom. The molecule has 1 aliphatic carbocycles. The summed E-state index contributed by atoms with van der Waals surface area (Å²) in [5, 5.41) is 7.68. The highest BCUT2D eigenvalue weighted by atomic mass is 16.5. The van der Waals surface area contributed by atoms with Crippen LogP contribution in [0.3, 0.4) is 0 Å². The smallest absolute Gasteiger partial charge is 0.248 e. The van der Waals surface area contributed by atoms with Gasteiger partial charge in [-0.1, -0.05) is 12.8 Å². The van der Waals surface area contributed by atoms with Gasteiger partial charge in [0.05, 0.1) is 18.3 Å². The van der Waals surface area contributed by atoms with E-state index in [1.165, 1.54) is 12.8 Å². The molecule has 2 aromatic heterocycles. The summed E-state index contributed by atoms with van der Waals surface area (Å²) >= 11 is 0.